The largest absolute Gasteiger partial charge is 0.340 e. The average molecular weight is 466 g/mol. The average Bonchev–Trinajstić information content (AvgIpc) is 3.52. The molecular formula is C24H27N5O3S. The van der Waals surface area contributed by atoms with Gasteiger partial charge in [0.2, 0.25) is 5.91 Å². The summed E-state index contributed by atoms with van der Waals surface area (Å²) in [5, 5.41) is 0. The molecule has 3 aromatic rings. The summed E-state index contributed by atoms with van der Waals surface area (Å²) in [7, 11) is -3.50. The standard InChI is InChI=1S/C24H27N5O3S/c30-22(29-16-8-12-20(29)24-26-18-10-4-5-11-19(18)27-24)14-2-1-7-15-25-23-17-9-3-6-13-21(17)33(31,32)28-23/h3-6,9-11,13,20H,1-2,7-8,12,14-16H2,(H,25,28)(H,26,27). The van der Waals surface area contributed by atoms with Crippen molar-refractivity contribution in [3.8, 4) is 0 Å². The Morgan fingerprint density at radius 2 is 1.91 bits per heavy atom. The fourth-order valence-corrected chi connectivity index (χ4v) is 5.88. The molecule has 8 nitrogen and oxygen atoms in total. The molecule has 0 aliphatic carbocycles. The molecule has 2 aliphatic rings. The Labute approximate surface area is 193 Å². The first-order chi connectivity index (χ1) is 16.0. The first-order valence-corrected chi connectivity index (χ1v) is 12.9. The zero-order valence-corrected chi connectivity index (χ0v) is 19.1. The van der Waals surface area contributed by atoms with E-state index in [-0.39, 0.29) is 16.8 Å². The van der Waals surface area contributed by atoms with Crippen LogP contribution in [0.2, 0.25) is 0 Å². The lowest BCUT2D eigenvalue weighted by molar-refractivity contribution is -0.132. The first kappa shape index (κ1) is 21.6. The number of unbranched alkanes of at least 4 members (excludes halogenated alkanes) is 2. The molecule has 1 aromatic heterocycles. The minimum atomic E-state index is -3.50. The smallest absolute Gasteiger partial charge is 0.263 e. The first-order valence-electron chi connectivity index (χ1n) is 11.4. The topological polar surface area (TPSA) is 108 Å². The summed E-state index contributed by atoms with van der Waals surface area (Å²) in [6.45, 7) is 1.29. The molecule has 0 bridgehead atoms. The highest BCUT2D eigenvalue weighted by molar-refractivity contribution is 7.90. The second kappa shape index (κ2) is 8.97. The number of likely N-dealkylation sites (tertiary alicyclic amines) is 1. The summed E-state index contributed by atoms with van der Waals surface area (Å²) in [6, 6.07) is 14.8. The third-order valence-electron chi connectivity index (χ3n) is 6.28. The lowest BCUT2D eigenvalue weighted by atomic mass is 10.1. The molecule has 1 fully saturated rings. The zero-order chi connectivity index (χ0) is 22.8. The van der Waals surface area contributed by atoms with Gasteiger partial charge in [0.1, 0.15) is 11.7 Å². The number of para-hydroxylation sites is 2. The highest BCUT2D eigenvalue weighted by Gasteiger charge is 2.32. The Morgan fingerprint density at radius 1 is 1.09 bits per heavy atom. The molecule has 9 heteroatoms. The van der Waals surface area contributed by atoms with Crippen LogP contribution in [-0.2, 0) is 14.8 Å². The normalized spacial score (nSPS) is 20.3. The second-order valence-electron chi connectivity index (χ2n) is 8.53. The number of aromatic amines is 1. The Balaban J connectivity index is 1.11. The number of imidazole rings is 1. The number of benzene rings is 2. The Morgan fingerprint density at radius 3 is 2.79 bits per heavy atom. The van der Waals surface area contributed by atoms with E-state index in [0.29, 0.717) is 24.4 Å². The number of hydrogen-bond acceptors (Lipinski definition) is 5. The minimum Gasteiger partial charge on any atom is -0.340 e. The third kappa shape index (κ3) is 4.37. The molecule has 2 N–H and O–H groups in total. The SMILES string of the molecule is O=C(CCCCCN=C1NS(=O)(=O)c2ccccc21)N1CCCC1c1nc2ccccc2[nH]1. The van der Waals surface area contributed by atoms with Gasteiger partial charge in [-0.05, 0) is 49.9 Å². The molecule has 1 atom stereocenters. The molecule has 2 aliphatic heterocycles. The van der Waals surface area contributed by atoms with E-state index in [1.165, 1.54) is 0 Å². The second-order valence-corrected chi connectivity index (χ2v) is 10.2. The van der Waals surface area contributed by atoms with Gasteiger partial charge >= 0.3 is 0 Å². The number of sulfonamides is 1. The van der Waals surface area contributed by atoms with E-state index in [1.807, 2.05) is 29.2 Å². The van der Waals surface area contributed by atoms with Gasteiger partial charge in [0.05, 0.1) is 22.0 Å². The van der Waals surface area contributed by atoms with Gasteiger partial charge in [-0.1, -0.05) is 30.7 Å². The van der Waals surface area contributed by atoms with Crippen LogP contribution in [-0.4, -0.2) is 48.1 Å². The van der Waals surface area contributed by atoms with E-state index in [4.69, 9.17) is 4.98 Å². The van der Waals surface area contributed by atoms with Gasteiger partial charge in [0.25, 0.3) is 10.0 Å². The van der Waals surface area contributed by atoms with Crippen LogP contribution in [0.1, 0.15) is 56.0 Å². The van der Waals surface area contributed by atoms with Crippen LogP contribution < -0.4 is 4.72 Å². The van der Waals surface area contributed by atoms with Crippen molar-refractivity contribution < 1.29 is 13.2 Å². The van der Waals surface area contributed by atoms with Crippen molar-refractivity contribution >= 4 is 32.8 Å². The van der Waals surface area contributed by atoms with Gasteiger partial charge in [0, 0.05) is 25.1 Å². The molecule has 5 rings (SSSR count). The predicted molar refractivity (Wildman–Crippen MR) is 126 cm³/mol. The van der Waals surface area contributed by atoms with E-state index in [2.05, 4.69) is 14.7 Å². The van der Waals surface area contributed by atoms with E-state index < -0.39 is 10.0 Å². The van der Waals surface area contributed by atoms with Crippen molar-refractivity contribution in [3.05, 3.63) is 59.9 Å². The number of aromatic nitrogens is 2. The number of nitrogens with zero attached hydrogens (tertiary/aromatic N) is 3. The van der Waals surface area contributed by atoms with Crippen LogP contribution in [0.5, 0.6) is 0 Å². The van der Waals surface area contributed by atoms with Crippen LogP contribution in [0.15, 0.2) is 58.4 Å². The number of rotatable bonds is 7. The quantitative estimate of drug-likeness (QED) is 0.521. The Bertz CT molecular complexity index is 1280. The third-order valence-corrected chi connectivity index (χ3v) is 7.67. The van der Waals surface area contributed by atoms with Crippen molar-refractivity contribution in [2.45, 2.75) is 49.5 Å². The Hall–Kier alpha value is -3.20. The number of carbonyl (C=O) groups is 1. The van der Waals surface area contributed by atoms with Gasteiger partial charge < -0.3 is 9.88 Å². The summed E-state index contributed by atoms with van der Waals surface area (Å²) < 4.78 is 26.8. The van der Waals surface area contributed by atoms with Crippen LogP contribution >= 0.6 is 0 Å². The maximum atomic E-state index is 12.9. The number of H-pyrrole nitrogens is 1. The van der Waals surface area contributed by atoms with Crippen LogP contribution in [0.3, 0.4) is 0 Å². The van der Waals surface area contributed by atoms with Gasteiger partial charge in [-0.15, -0.1) is 0 Å². The lowest BCUT2D eigenvalue weighted by Gasteiger charge is -2.23. The molecule has 172 valence electrons. The highest BCUT2D eigenvalue weighted by Crippen LogP contribution is 2.32. The predicted octanol–water partition coefficient (Wildman–Crippen LogP) is 3.53. The molecule has 1 amide bonds. The van der Waals surface area contributed by atoms with Crippen molar-refractivity contribution in [2.75, 3.05) is 13.1 Å². The van der Waals surface area contributed by atoms with E-state index in [0.717, 1.165) is 55.5 Å². The van der Waals surface area contributed by atoms with E-state index >= 15 is 0 Å². The molecule has 2 aromatic carbocycles. The van der Waals surface area contributed by atoms with Crippen molar-refractivity contribution in [1.29, 1.82) is 0 Å². The number of carbonyl (C=O) groups excluding carboxylic acids is 1. The molecule has 0 saturated carbocycles. The van der Waals surface area contributed by atoms with E-state index in [9.17, 15) is 13.2 Å². The summed E-state index contributed by atoms with van der Waals surface area (Å²) in [5.74, 6) is 1.45. The van der Waals surface area contributed by atoms with Crippen LogP contribution in [0.25, 0.3) is 11.0 Å². The fourth-order valence-electron chi connectivity index (χ4n) is 4.63. The number of fused-ring (bicyclic) bond motifs is 2. The maximum absolute atomic E-state index is 12.9. The van der Waals surface area contributed by atoms with Gasteiger partial charge in [0.15, 0.2) is 0 Å². The van der Waals surface area contributed by atoms with Crippen LogP contribution in [0.4, 0.5) is 0 Å². The minimum absolute atomic E-state index is 0.0201. The monoisotopic (exact) mass is 465 g/mol. The van der Waals surface area contributed by atoms with E-state index in [1.54, 1.807) is 24.3 Å². The molecular weight excluding hydrogens is 438 g/mol. The maximum Gasteiger partial charge on any atom is 0.263 e. The van der Waals surface area contributed by atoms with Crippen LogP contribution in [0, 0.1) is 0 Å². The molecule has 0 spiro atoms. The van der Waals surface area contributed by atoms with Gasteiger partial charge in [-0.2, -0.15) is 0 Å². The fraction of sp³-hybridized carbons (Fsp3) is 0.375. The summed E-state index contributed by atoms with van der Waals surface area (Å²) >= 11 is 0. The summed E-state index contributed by atoms with van der Waals surface area (Å²) in [4.78, 5) is 27.6. The molecule has 1 saturated heterocycles. The highest BCUT2D eigenvalue weighted by atomic mass is 32.2. The Kier molecular flexibility index (Phi) is 5.88. The van der Waals surface area contributed by atoms with Gasteiger partial charge in [-0.3, -0.25) is 14.5 Å². The zero-order valence-electron chi connectivity index (χ0n) is 18.3. The number of nitrogens with one attached hydrogen (secondary N) is 2. The number of hydrogen-bond donors (Lipinski definition) is 2. The summed E-state index contributed by atoms with van der Waals surface area (Å²) in [6.07, 6.45) is 4.87. The van der Waals surface area contributed by atoms with Crippen molar-refractivity contribution in [3.63, 3.8) is 0 Å². The lowest BCUT2D eigenvalue weighted by Crippen LogP contribution is -2.30. The summed E-state index contributed by atoms with van der Waals surface area (Å²) in [5.41, 5.74) is 2.56. The molecule has 0 radical (unpaired) electrons. The number of amidine groups is 1. The number of amides is 1. The molecule has 33 heavy (non-hydrogen) atoms. The molecule has 3 heterocycles. The van der Waals surface area contributed by atoms with Gasteiger partial charge in [-0.25, -0.2) is 13.4 Å². The number of aliphatic imine (C=N–C) groups is 1. The van der Waals surface area contributed by atoms with Crippen molar-refractivity contribution in [1.82, 2.24) is 19.6 Å². The van der Waals surface area contributed by atoms with Crippen molar-refractivity contribution in [2.24, 2.45) is 4.99 Å². The molecule has 1 unspecified atom stereocenters.